The van der Waals surface area contributed by atoms with Gasteiger partial charge in [-0.15, -0.1) is 0 Å². The van der Waals surface area contributed by atoms with Crippen LogP contribution in [-0.2, 0) is 6.54 Å². The molecular formula is C17H16BrN3O2. The molecule has 2 aromatic heterocycles. The lowest BCUT2D eigenvalue weighted by Gasteiger charge is -2.15. The Morgan fingerprint density at radius 1 is 1.30 bits per heavy atom. The molecule has 0 unspecified atom stereocenters. The molecule has 1 amide bonds. The van der Waals surface area contributed by atoms with E-state index in [1.54, 1.807) is 29.1 Å². The molecule has 0 bridgehead atoms. The molecule has 5 nitrogen and oxygen atoms in total. The zero-order chi connectivity index (χ0) is 16.4. The highest BCUT2D eigenvalue weighted by molar-refractivity contribution is 9.10. The third kappa shape index (κ3) is 3.22. The number of rotatable bonds is 4. The monoisotopic (exact) mass is 373 g/mol. The highest BCUT2D eigenvalue weighted by Crippen LogP contribution is 2.18. The second kappa shape index (κ2) is 6.42. The summed E-state index contributed by atoms with van der Waals surface area (Å²) in [6.45, 7) is 2.32. The van der Waals surface area contributed by atoms with Gasteiger partial charge in [-0.3, -0.25) is 4.79 Å². The SMILES string of the molecule is Cc1c(C(=O)N(C)Cc2ccco2)cnn1-c1ccc(Br)cc1. The second-order valence-electron chi connectivity index (χ2n) is 5.27. The van der Waals surface area contributed by atoms with Gasteiger partial charge in [-0.2, -0.15) is 5.10 Å². The average Bonchev–Trinajstić information content (AvgIpc) is 3.17. The van der Waals surface area contributed by atoms with E-state index in [1.807, 2.05) is 43.3 Å². The van der Waals surface area contributed by atoms with Crippen molar-refractivity contribution in [1.29, 1.82) is 0 Å². The predicted octanol–water partition coefficient (Wildman–Crippen LogP) is 3.81. The fraction of sp³-hybridized carbons (Fsp3) is 0.176. The molecule has 118 valence electrons. The van der Waals surface area contributed by atoms with Crippen molar-refractivity contribution in [2.24, 2.45) is 0 Å². The first kappa shape index (κ1) is 15.6. The highest BCUT2D eigenvalue weighted by Gasteiger charge is 2.19. The Labute approximate surface area is 142 Å². The van der Waals surface area contributed by atoms with Gasteiger partial charge in [0.25, 0.3) is 5.91 Å². The van der Waals surface area contributed by atoms with Crippen LogP contribution in [0.25, 0.3) is 5.69 Å². The first-order chi connectivity index (χ1) is 11.1. The summed E-state index contributed by atoms with van der Waals surface area (Å²) in [5, 5.41) is 4.35. The van der Waals surface area contributed by atoms with Gasteiger partial charge in [-0.1, -0.05) is 15.9 Å². The van der Waals surface area contributed by atoms with Crippen LogP contribution < -0.4 is 0 Å². The minimum atomic E-state index is -0.0812. The zero-order valence-corrected chi connectivity index (χ0v) is 14.4. The fourth-order valence-corrected chi connectivity index (χ4v) is 2.64. The molecule has 0 atom stereocenters. The van der Waals surface area contributed by atoms with Gasteiger partial charge >= 0.3 is 0 Å². The van der Waals surface area contributed by atoms with E-state index in [4.69, 9.17) is 4.42 Å². The molecule has 3 aromatic rings. The van der Waals surface area contributed by atoms with Gasteiger partial charge in [0.15, 0.2) is 0 Å². The predicted molar refractivity (Wildman–Crippen MR) is 90.5 cm³/mol. The van der Waals surface area contributed by atoms with E-state index >= 15 is 0 Å². The Morgan fingerprint density at radius 2 is 2.04 bits per heavy atom. The quantitative estimate of drug-likeness (QED) is 0.698. The number of aromatic nitrogens is 2. The molecule has 3 rings (SSSR count). The molecule has 0 fully saturated rings. The van der Waals surface area contributed by atoms with Crippen molar-refractivity contribution in [1.82, 2.24) is 14.7 Å². The van der Waals surface area contributed by atoms with Gasteiger partial charge in [0.1, 0.15) is 5.76 Å². The molecule has 0 radical (unpaired) electrons. The van der Waals surface area contributed by atoms with Crippen molar-refractivity contribution in [2.75, 3.05) is 7.05 Å². The van der Waals surface area contributed by atoms with Crippen molar-refractivity contribution < 1.29 is 9.21 Å². The standard InChI is InChI=1S/C17H16BrN3O2/c1-12-16(17(22)20(2)11-15-4-3-9-23-15)10-19-21(12)14-7-5-13(18)6-8-14/h3-10H,11H2,1-2H3. The summed E-state index contributed by atoms with van der Waals surface area (Å²) in [5.41, 5.74) is 2.31. The number of benzene rings is 1. The van der Waals surface area contributed by atoms with Gasteiger partial charge in [-0.25, -0.2) is 4.68 Å². The van der Waals surface area contributed by atoms with Crippen molar-refractivity contribution in [3.05, 3.63) is 70.3 Å². The molecule has 2 heterocycles. The maximum atomic E-state index is 12.6. The third-order valence-electron chi connectivity index (χ3n) is 3.63. The number of carbonyl (C=O) groups excluding carboxylic acids is 1. The van der Waals surface area contributed by atoms with E-state index < -0.39 is 0 Å². The van der Waals surface area contributed by atoms with Crippen molar-refractivity contribution in [3.63, 3.8) is 0 Å². The lowest BCUT2D eigenvalue weighted by Crippen LogP contribution is -2.26. The van der Waals surface area contributed by atoms with Crippen molar-refractivity contribution in [3.8, 4) is 5.69 Å². The van der Waals surface area contributed by atoms with E-state index in [9.17, 15) is 4.79 Å². The molecule has 0 saturated carbocycles. The van der Waals surface area contributed by atoms with E-state index in [2.05, 4.69) is 21.0 Å². The second-order valence-corrected chi connectivity index (χ2v) is 6.19. The Balaban J connectivity index is 1.83. The summed E-state index contributed by atoms with van der Waals surface area (Å²) < 4.78 is 8.05. The van der Waals surface area contributed by atoms with Crippen LogP contribution in [0.3, 0.4) is 0 Å². The summed E-state index contributed by atoms with van der Waals surface area (Å²) >= 11 is 3.41. The lowest BCUT2D eigenvalue weighted by atomic mass is 10.2. The molecule has 23 heavy (non-hydrogen) atoms. The van der Waals surface area contributed by atoms with Crippen LogP contribution in [0.4, 0.5) is 0 Å². The van der Waals surface area contributed by atoms with Gasteiger partial charge in [-0.05, 0) is 43.3 Å². The summed E-state index contributed by atoms with van der Waals surface area (Å²) in [4.78, 5) is 14.2. The van der Waals surface area contributed by atoms with Gasteiger partial charge in [0.2, 0.25) is 0 Å². The molecular weight excluding hydrogens is 358 g/mol. The zero-order valence-electron chi connectivity index (χ0n) is 12.9. The van der Waals surface area contributed by atoms with Crippen molar-refractivity contribution in [2.45, 2.75) is 13.5 Å². The Morgan fingerprint density at radius 3 is 2.70 bits per heavy atom. The highest BCUT2D eigenvalue weighted by atomic mass is 79.9. The smallest absolute Gasteiger partial charge is 0.257 e. The van der Waals surface area contributed by atoms with Gasteiger partial charge in [0.05, 0.1) is 35.9 Å². The molecule has 0 spiro atoms. The largest absolute Gasteiger partial charge is 0.467 e. The van der Waals surface area contributed by atoms with E-state index in [1.165, 1.54) is 0 Å². The lowest BCUT2D eigenvalue weighted by molar-refractivity contribution is 0.0774. The molecule has 0 N–H and O–H groups in total. The van der Waals surface area contributed by atoms with Crippen LogP contribution in [0.2, 0.25) is 0 Å². The average molecular weight is 374 g/mol. The summed E-state index contributed by atoms with van der Waals surface area (Å²) in [6, 6.07) is 11.4. The van der Waals surface area contributed by atoms with Crippen LogP contribution in [-0.4, -0.2) is 27.6 Å². The number of furan rings is 1. The number of nitrogens with zero attached hydrogens (tertiary/aromatic N) is 3. The number of hydrogen-bond donors (Lipinski definition) is 0. The van der Waals surface area contributed by atoms with Crippen LogP contribution in [0.5, 0.6) is 0 Å². The van der Waals surface area contributed by atoms with E-state index in [-0.39, 0.29) is 5.91 Å². The van der Waals surface area contributed by atoms with Gasteiger partial charge < -0.3 is 9.32 Å². The maximum Gasteiger partial charge on any atom is 0.257 e. The Hall–Kier alpha value is -2.34. The molecule has 0 aliphatic rings. The molecule has 0 aliphatic carbocycles. The number of carbonyl (C=O) groups is 1. The number of amides is 1. The minimum absolute atomic E-state index is 0.0812. The summed E-state index contributed by atoms with van der Waals surface area (Å²) in [5.74, 6) is 0.668. The summed E-state index contributed by atoms with van der Waals surface area (Å²) in [6.07, 6.45) is 3.21. The van der Waals surface area contributed by atoms with Crippen LogP contribution in [0, 0.1) is 6.92 Å². The van der Waals surface area contributed by atoms with E-state index in [0.29, 0.717) is 12.1 Å². The van der Waals surface area contributed by atoms with Crippen LogP contribution >= 0.6 is 15.9 Å². The number of halogens is 1. The maximum absolute atomic E-state index is 12.6. The number of hydrogen-bond acceptors (Lipinski definition) is 3. The normalized spacial score (nSPS) is 10.7. The topological polar surface area (TPSA) is 51.3 Å². The Kier molecular flexibility index (Phi) is 4.34. The van der Waals surface area contributed by atoms with E-state index in [0.717, 1.165) is 21.6 Å². The molecule has 0 saturated heterocycles. The van der Waals surface area contributed by atoms with Gasteiger partial charge in [0, 0.05) is 11.5 Å². The van der Waals surface area contributed by atoms with Crippen molar-refractivity contribution >= 4 is 21.8 Å². The summed E-state index contributed by atoms with van der Waals surface area (Å²) in [7, 11) is 1.75. The molecule has 0 aliphatic heterocycles. The fourth-order valence-electron chi connectivity index (χ4n) is 2.38. The first-order valence-electron chi connectivity index (χ1n) is 7.14. The third-order valence-corrected chi connectivity index (χ3v) is 4.16. The Bertz CT molecular complexity index is 807. The minimum Gasteiger partial charge on any atom is -0.467 e. The molecule has 6 heteroatoms. The van der Waals surface area contributed by atoms with Crippen LogP contribution in [0.1, 0.15) is 21.8 Å². The van der Waals surface area contributed by atoms with Crippen LogP contribution in [0.15, 0.2) is 57.7 Å². The molecule has 1 aromatic carbocycles. The first-order valence-corrected chi connectivity index (χ1v) is 7.94.